The molecule has 1 atom stereocenters. The molecule has 2 heteroatoms. The van der Waals surface area contributed by atoms with Crippen LogP contribution in [-0.2, 0) is 0 Å². The summed E-state index contributed by atoms with van der Waals surface area (Å²) in [4.78, 5) is 0. The van der Waals surface area contributed by atoms with E-state index < -0.39 is 11.6 Å². The largest absolute Gasteiger partial charge is 0.204 e. The molecule has 1 aromatic carbocycles. The van der Waals surface area contributed by atoms with Crippen LogP contribution in [0.4, 0.5) is 8.78 Å². The van der Waals surface area contributed by atoms with Gasteiger partial charge in [0.25, 0.3) is 0 Å². The normalized spacial score (nSPS) is 28.5. The topological polar surface area (TPSA) is 0 Å². The van der Waals surface area contributed by atoms with E-state index in [4.69, 9.17) is 0 Å². The first-order chi connectivity index (χ1) is 10.7. The summed E-state index contributed by atoms with van der Waals surface area (Å²) >= 11 is 0. The van der Waals surface area contributed by atoms with E-state index >= 15 is 0 Å². The van der Waals surface area contributed by atoms with Gasteiger partial charge in [-0.15, -0.1) is 0 Å². The van der Waals surface area contributed by atoms with Crippen molar-refractivity contribution in [1.82, 2.24) is 0 Å². The Labute approximate surface area is 131 Å². The van der Waals surface area contributed by atoms with E-state index in [2.05, 4.69) is 19.1 Å². The molecule has 2 aliphatic rings. The summed E-state index contributed by atoms with van der Waals surface area (Å²) in [7, 11) is 0. The van der Waals surface area contributed by atoms with Crippen molar-refractivity contribution >= 4 is 5.57 Å². The Balaban J connectivity index is 1.66. The van der Waals surface area contributed by atoms with Crippen LogP contribution in [0.3, 0.4) is 0 Å². The molecule has 0 radical (unpaired) electrons. The molecular formula is C20H24F2. The lowest BCUT2D eigenvalue weighted by atomic mass is 9.73. The first kappa shape index (κ1) is 15.5. The third-order valence-electron chi connectivity index (χ3n) is 5.47. The van der Waals surface area contributed by atoms with Crippen molar-refractivity contribution in [3.05, 3.63) is 53.6 Å². The fraction of sp³-hybridized carbons (Fsp3) is 0.500. The minimum absolute atomic E-state index is 0.379. The maximum atomic E-state index is 13.9. The first-order valence-electron chi connectivity index (χ1n) is 8.51. The summed E-state index contributed by atoms with van der Waals surface area (Å²) in [5.41, 5.74) is 1.19. The molecule has 118 valence electrons. The molecule has 0 heterocycles. The molecule has 0 nitrogen and oxygen atoms in total. The van der Waals surface area contributed by atoms with Crippen LogP contribution in [0.25, 0.3) is 5.57 Å². The Bertz CT molecular complexity index is 577. The number of benzene rings is 1. The van der Waals surface area contributed by atoms with E-state index in [1.165, 1.54) is 38.2 Å². The van der Waals surface area contributed by atoms with Crippen molar-refractivity contribution in [2.75, 3.05) is 0 Å². The maximum absolute atomic E-state index is 13.9. The highest BCUT2D eigenvalue weighted by Gasteiger charge is 2.26. The molecule has 1 saturated carbocycles. The monoisotopic (exact) mass is 302 g/mol. The molecule has 1 aromatic rings. The van der Waals surface area contributed by atoms with Crippen LogP contribution in [0, 0.1) is 29.4 Å². The summed E-state index contributed by atoms with van der Waals surface area (Å²) < 4.78 is 27.2. The smallest absolute Gasteiger partial charge is 0.166 e. The summed E-state index contributed by atoms with van der Waals surface area (Å²) in [5, 5.41) is 0. The van der Waals surface area contributed by atoms with Gasteiger partial charge in [-0.1, -0.05) is 56.5 Å². The molecule has 0 amide bonds. The predicted molar refractivity (Wildman–Crippen MR) is 87.3 cm³/mol. The summed E-state index contributed by atoms with van der Waals surface area (Å²) in [5.74, 6) is 0.732. The Morgan fingerprint density at radius 1 is 1.09 bits per heavy atom. The average molecular weight is 302 g/mol. The molecular weight excluding hydrogens is 278 g/mol. The van der Waals surface area contributed by atoms with Crippen molar-refractivity contribution < 1.29 is 8.78 Å². The zero-order valence-electron chi connectivity index (χ0n) is 13.2. The van der Waals surface area contributed by atoms with Crippen molar-refractivity contribution in [3.63, 3.8) is 0 Å². The SMILES string of the molecule is CC[C@H]1CC[C@H](C2C=CC(c3cccc(F)c3F)=CC2)CC1. The van der Waals surface area contributed by atoms with Gasteiger partial charge in [-0.3, -0.25) is 0 Å². The molecule has 0 spiro atoms. The predicted octanol–water partition coefficient (Wildman–Crippen LogP) is 6.14. The van der Waals surface area contributed by atoms with E-state index in [1.54, 1.807) is 12.1 Å². The molecule has 3 rings (SSSR count). The number of hydrogen-bond donors (Lipinski definition) is 0. The molecule has 0 bridgehead atoms. The second-order valence-corrected chi connectivity index (χ2v) is 6.71. The summed E-state index contributed by atoms with van der Waals surface area (Å²) in [6.45, 7) is 2.29. The highest BCUT2D eigenvalue weighted by molar-refractivity contribution is 5.75. The van der Waals surface area contributed by atoms with Gasteiger partial charge in [0, 0.05) is 5.56 Å². The van der Waals surface area contributed by atoms with Crippen LogP contribution >= 0.6 is 0 Å². The average Bonchev–Trinajstić information content (AvgIpc) is 2.58. The Kier molecular flexibility index (Phi) is 4.75. The van der Waals surface area contributed by atoms with E-state index in [1.807, 2.05) is 6.08 Å². The van der Waals surface area contributed by atoms with E-state index in [0.29, 0.717) is 11.5 Å². The highest BCUT2D eigenvalue weighted by Crippen LogP contribution is 2.39. The van der Waals surface area contributed by atoms with E-state index in [0.717, 1.165) is 23.8 Å². The van der Waals surface area contributed by atoms with Crippen molar-refractivity contribution in [3.8, 4) is 0 Å². The van der Waals surface area contributed by atoms with Crippen LogP contribution in [0.2, 0.25) is 0 Å². The van der Waals surface area contributed by atoms with Gasteiger partial charge in [-0.2, -0.15) is 0 Å². The minimum atomic E-state index is -0.771. The third kappa shape index (κ3) is 3.16. The number of hydrogen-bond acceptors (Lipinski definition) is 0. The van der Waals surface area contributed by atoms with Crippen molar-refractivity contribution in [2.45, 2.75) is 45.4 Å². The van der Waals surface area contributed by atoms with Gasteiger partial charge in [-0.25, -0.2) is 8.78 Å². The second-order valence-electron chi connectivity index (χ2n) is 6.71. The van der Waals surface area contributed by atoms with Crippen LogP contribution < -0.4 is 0 Å². The minimum Gasteiger partial charge on any atom is -0.204 e. The fourth-order valence-corrected chi connectivity index (χ4v) is 3.94. The van der Waals surface area contributed by atoms with Crippen LogP contribution in [0.15, 0.2) is 36.4 Å². The lowest BCUT2D eigenvalue weighted by molar-refractivity contribution is 0.226. The Morgan fingerprint density at radius 2 is 1.86 bits per heavy atom. The van der Waals surface area contributed by atoms with E-state index in [9.17, 15) is 8.78 Å². The first-order valence-corrected chi connectivity index (χ1v) is 8.51. The van der Waals surface area contributed by atoms with Gasteiger partial charge in [0.15, 0.2) is 11.6 Å². The van der Waals surface area contributed by atoms with Crippen LogP contribution in [0.5, 0.6) is 0 Å². The van der Waals surface area contributed by atoms with E-state index in [-0.39, 0.29) is 0 Å². The van der Waals surface area contributed by atoms with Gasteiger partial charge in [0.1, 0.15) is 0 Å². The molecule has 0 saturated heterocycles. The molecule has 0 N–H and O–H groups in total. The van der Waals surface area contributed by atoms with Gasteiger partial charge in [0.05, 0.1) is 0 Å². The van der Waals surface area contributed by atoms with Crippen LogP contribution in [-0.4, -0.2) is 0 Å². The second kappa shape index (κ2) is 6.76. The quantitative estimate of drug-likeness (QED) is 0.629. The Hall–Kier alpha value is -1.44. The standard InChI is InChI=1S/C20H24F2/c1-2-14-6-8-15(9-7-14)16-10-12-17(13-11-16)18-4-3-5-19(21)20(18)22/h3-5,10,12-16H,2,6-9,11H2,1H3/t14-,15-,16?. The molecule has 2 aliphatic carbocycles. The number of rotatable bonds is 3. The van der Waals surface area contributed by atoms with Crippen molar-refractivity contribution in [1.29, 1.82) is 0 Å². The summed E-state index contributed by atoms with van der Waals surface area (Å²) in [6, 6.07) is 4.39. The lowest BCUT2D eigenvalue weighted by Crippen LogP contribution is -2.21. The molecule has 0 aliphatic heterocycles. The van der Waals surface area contributed by atoms with Crippen LogP contribution in [0.1, 0.15) is 51.0 Å². The zero-order chi connectivity index (χ0) is 15.5. The lowest BCUT2D eigenvalue weighted by Gasteiger charge is -2.33. The molecule has 1 fully saturated rings. The van der Waals surface area contributed by atoms with Gasteiger partial charge in [-0.05, 0) is 48.7 Å². The molecule has 22 heavy (non-hydrogen) atoms. The van der Waals surface area contributed by atoms with Crippen molar-refractivity contribution in [2.24, 2.45) is 17.8 Å². The molecule has 1 unspecified atom stereocenters. The zero-order valence-corrected chi connectivity index (χ0v) is 13.2. The van der Waals surface area contributed by atoms with Gasteiger partial charge < -0.3 is 0 Å². The summed E-state index contributed by atoms with van der Waals surface area (Å²) in [6.07, 6.45) is 13.8. The maximum Gasteiger partial charge on any atom is 0.166 e. The highest BCUT2D eigenvalue weighted by atomic mass is 19.2. The number of halogens is 2. The third-order valence-corrected chi connectivity index (χ3v) is 5.47. The van der Waals surface area contributed by atoms with Gasteiger partial charge in [0.2, 0.25) is 0 Å². The van der Waals surface area contributed by atoms with Gasteiger partial charge >= 0.3 is 0 Å². The fourth-order valence-electron chi connectivity index (χ4n) is 3.94. The number of allylic oxidation sites excluding steroid dienone is 4. The molecule has 0 aromatic heterocycles. The Morgan fingerprint density at radius 3 is 2.50 bits per heavy atom.